The Balaban J connectivity index is 2.13. The van der Waals surface area contributed by atoms with Crippen LogP contribution in [0.3, 0.4) is 0 Å². The van der Waals surface area contributed by atoms with E-state index in [9.17, 15) is 31.1 Å². The van der Waals surface area contributed by atoms with Crippen molar-refractivity contribution in [1.82, 2.24) is 5.32 Å². The molecule has 0 aliphatic heterocycles. The highest BCUT2D eigenvalue weighted by molar-refractivity contribution is 5.95. The summed E-state index contributed by atoms with van der Waals surface area (Å²) < 4.78 is 83.2. The van der Waals surface area contributed by atoms with Gasteiger partial charge in [0.1, 0.15) is 0 Å². The normalized spacial score (nSPS) is 12.7. The van der Waals surface area contributed by atoms with Crippen molar-refractivity contribution in [2.45, 2.75) is 38.3 Å². The lowest BCUT2D eigenvalue weighted by Gasteiger charge is -2.26. The number of alkyl halides is 6. The summed E-state index contributed by atoms with van der Waals surface area (Å²) in [6.45, 7) is 3.34. The second kappa shape index (κ2) is 8.44. The molecule has 1 N–H and O–H groups in total. The Hall–Kier alpha value is -2.55. The smallest absolute Gasteiger partial charge is 0.374 e. The van der Waals surface area contributed by atoms with Crippen LogP contribution in [0.5, 0.6) is 0 Å². The summed E-state index contributed by atoms with van der Waals surface area (Å²) >= 11 is 0. The van der Waals surface area contributed by atoms with Crippen LogP contribution in [0, 0.1) is 0 Å². The number of hydrogen-bond donors (Lipinski definition) is 1. The Morgan fingerprint density at radius 1 is 0.897 bits per heavy atom. The molecule has 0 aliphatic carbocycles. The van der Waals surface area contributed by atoms with Crippen molar-refractivity contribution in [3.05, 3.63) is 70.8 Å². The van der Waals surface area contributed by atoms with Gasteiger partial charge < -0.3 is 10.1 Å². The molecular weight excluding hydrogens is 400 g/mol. The molecule has 0 atom stereocenters. The van der Waals surface area contributed by atoms with Gasteiger partial charge in [0.25, 0.3) is 5.91 Å². The summed E-state index contributed by atoms with van der Waals surface area (Å²) in [4.78, 5) is 12.4. The van der Waals surface area contributed by atoms with E-state index in [-0.39, 0.29) is 19.3 Å². The molecule has 0 fully saturated rings. The molecular formula is C20H19F6NO2. The Labute approximate surface area is 163 Å². The Kier molecular flexibility index (Phi) is 6.62. The molecule has 0 saturated carbocycles. The average Bonchev–Trinajstić information content (AvgIpc) is 2.60. The van der Waals surface area contributed by atoms with Crippen LogP contribution in [-0.4, -0.2) is 18.1 Å². The summed E-state index contributed by atoms with van der Waals surface area (Å²) in [5, 5.41) is 2.42. The molecule has 3 nitrogen and oxygen atoms in total. The van der Waals surface area contributed by atoms with Crippen molar-refractivity contribution in [3.8, 4) is 0 Å². The second-order valence-corrected chi connectivity index (χ2v) is 7.11. The molecule has 158 valence electrons. The molecule has 0 radical (unpaired) electrons. The van der Waals surface area contributed by atoms with Crippen LogP contribution in [0.2, 0.25) is 0 Å². The number of halogens is 6. The number of carbonyl (C=O) groups is 1. The zero-order valence-corrected chi connectivity index (χ0v) is 15.6. The Morgan fingerprint density at radius 3 is 1.90 bits per heavy atom. The van der Waals surface area contributed by atoms with Gasteiger partial charge in [-0.25, -0.2) is 0 Å². The molecule has 0 aromatic heterocycles. The van der Waals surface area contributed by atoms with Crippen LogP contribution in [-0.2, 0) is 23.7 Å². The SMILES string of the molecule is CC(C)(COCc1ccccc1)NC(=O)c1cc(C(F)(F)F)cc(C(F)(F)F)c1. The molecule has 0 aliphatic rings. The summed E-state index contributed by atoms with van der Waals surface area (Å²) in [5.74, 6) is -1.06. The molecule has 0 unspecified atom stereocenters. The molecule has 0 saturated heterocycles. The first-order valence-electron chi connectivity index (χ1n) is 8.52. The fourth-order valence-corrected chi connectivity index (χ4v) is 2.50. The predicted molar refractivity (Wildman–Crippen MR) is 94.1 cm³/mol. The van der Waals surface area contributed by atoms with Crippen molar-refractivity contribution in [2.24, 2.45) is 0 Å². The van der Waals surface area contributed by atoms with Crippen LogP contribution in [0.25, 0.3) is 0 Å². The van der Waals surface area contributed by atoms with Gasteiger partial charge in [-0.15, -0.1) is 0 Å². The maximum absolute atomic E-state index is 12.9. The van der Waals surface area contributed by atoms with Gasteiger partial charge in [-0.2, -0.15) is 26.3 Å². The number of hydrogen-bond acceptors (Lipinski definition) is 2. The van der Waals surface area contributed by atoms with E-state index >= 15 is 0 Å². The standard InChI is InChI=1S/C20H19F6NO2/c1-18(2,12-29-11-13-6-4-3-5-7-13)27-17(28)14-8-15(19(21,22)23)10-16(9-14)20(24,25)26/h3-10H,11-12H2,1-2H3,(H,27,28). The van der Waals surface area contributed by atoms with Gasteiger partial charge in [-0.3, -0.25) is 4.79 Å². The van der Waals surface area contributed by atoms with Crippen molar-refractivity contribution in [3.63, 3.8) is 0 Å². The van der Waals surface area contributed by atoms with Crippen molar-refractivity contribution >= 4 is 5.91 Å². The minimum absolute atomic E-state index is 0.00127. The van der Waals surface area contributed by atoms with E-state index in [4.69, 9.17) is 4.74 Å². The molecule has 0 bridgehead atoms. The Bertz CT molecular complexity index is 812. The lowest BCUT2D eigenvalue weighted by Crippen LogP contribution is -2.47. The first kappa shape index (κ1) is 22.7. The van der Waals surface area contributed by atoms with Gasteiger partial charge in [0.2, 0.25) is 0 Å². The van der Waals surface area contributed by atoms with Crippen molar-refractivity contribution in [1.29, 1.82) is 0 Å². The van der Waals surface area contributed by atoms with Gasteiger partial charge >= 0.3 is 12.4 Å². The van der Waals surface area contributed by atoms with Crippen LogP contribution in [0.15, 0.2) is 48.5 Å². The molecule has 2 rings (SSSR count). The van der Waals surface area contributed by atoms with Crippen LogP contribution in [0.4, 0.5) is 26.3 Å². The molecule has 2 aromatic rings. The first-order chi connectivity index (χ1) is 13.3. The first-order valence-corrected chi connectivity index (χ1v) is 8.52. The van der Waals surface area contributed by atoms with Crippen LogP contribution < -0.4 is 5.32 Å². The fraction of sp³-hybridized carbons (Fsp3) is 0.350. The second-order valence-electron chi connectivity index (χ2n) is 7.11. The van der Waals surface area contributed by atoms with Crippen LogP contribution >= 0.6 is 0 Å². The van der Waals surface area contributed by atoms with E-state index in [0.717, 1.165) is 5.56 Å². The van der Waals surface area contributed by atoms with E-state index in [1.807, 2.05) is 30.3 Å². The maximum atomic E-state index is 12.9. The van der Waals surface area contributed by atoms with E-state index in [1.54, 1.807) is 13.8 Å². The highest BCUT2D eigenvalue weighted by Gasteiger charge is 2.37. The highest BCUT2D eigenvalue weighted by atomic mass is 19.4. The fourth-order valence-electron chi connectivity index (χ4n) is 2.50. The minimum atomic E-state index is -5.02. The van der Waals surface area contributed by atoms with Gasteiger partial charge in [0.05, 0.1) is 29.9 Å². The zero-order chi connectivity index (χ0) is 21.9. The van der Waals surface area contributed by atoms with Crippen molar-refractivity contribution < 1.29 is 35.9 Å². The van der Waals surface area contributed by atoms with Gasteiger partial charge in [0.15, 0.2) is 0 Å². The summed E-state index contributed by atoms with van der Waals surface area (Å²) in [7, 11) is 0. The van der Waals surface area contributed by atoms with Gasteiger partial charge in [-0.1, -0.05) is 30.3 Å². The minimum Gasteiger partial charge on any atom is -0.374 e. The van der Waals surface area contributed by atoms with Gasteiger partial charge in [0, 0.05) is 5.56 Å². The van der Waals surface area contributed by atoms with E-state index in [1.165, 1.54) is 0 Å². The number of rotatable bonds is 6. The molecule has 0 spiro atoms. The Morgan fingerprint density at radius 2 is 1.41 bits per heavy atom. The molecule has 0 heterocycles. The molecule has 29 heavy (non-hydrogen) atoms. The number of nitrogens with one attached hydrogen (secondary N) is 1. The number of benzene rings is 2. The highest BCUT2D eigenvalue weighted by Crippen LogP contribution is 2.36. The zero-order valence-electron chi connectivity index (χ0n) is 15.6. The summed E-state index contributed by atoms with van der Waals surface area (Å²) in [6, 6.07) is 9.88. The predicted octanol–water partition coefficient (Wildman–Crippen LogP) is 5.45. The molecule has 9 heteroatoms. The lowest BCUT2D eigenvalue weighted by molar-refractivity contribution is -0.143. The third-order valence-electron chi connectivity index (χ3n) is 3.88. The summed E-state index contributed by atoms with van der Waals surface area (Å²) in [5.41, 5.74) is -3.98. The maximum Gasteiger partial charge on any atom is 0.416 e. The average molecular weight is 419 g/mol. The number of ether oxygens (including phenoxy) is 1. The number of carbonyl (C=O) groups excluding carboxylic acids is 1. The largest absolute Gasteiger partial charge is 0.416 e. The summed E-state index contributed by atoms with van der Waals surface area (Å²) in [6.07, 6.45) is -10.0. The molecule has 1 amide bonds. The van der Waals surface area contributed by atoms with E-state index < -0.39 is 40.5 Å². The monoisotopic (exact) mass is 419 g/mol. The van der Waals surface area contributed by atoms with Crippen LogP contribution in [0.1, 0.15) is 40.9 Å². The van der Waals surface area contributed by atoms with E-state index in [0.29, 0.717) is 12.1 Å². The topological polar surface area (TPSA) is 38.3 Å². The van der Waals surface area contributed by atoms with Gasteiger partial charge in [-0.05, 0) is 37.6 Å². The van der Waals surface area contributed by atoms with E-state index in [2.05, 4.69) is 5.32 Å². The lowest BCUT2D eigenvalue weighted by atomic mass is 10.0. The van der Waals surface area contributed by atoms with Crippen molar-refractivity contribution in [2.75, 3.05) is 6.61 Å². The third-order valence-corrected chi connectivity index (χ3v) is 3.88. The third kappa shape index (κ3) is 6.77. The quantitative estimate of drug-likeness (QED) is 0.633. The number of amides is 1. The molecule has 2 aromatic carbocycles.